The molecular weight excluding hydrogens is 741 g/mol. The normalized spacial score (nSPS) is 22.5. The maximum Gasteiger partial charge on any atom is 0.264 e. The summed E-state index contributed by atoms with van der Waals surface area (Å²) in [6.07, 6.45) is 0.136. The largest absolute Gasteiger partial charge is 0.395 e. The topological polar surface area (TPSA) is 90.4 Å². The van der Waals surface area contributed by atoms with Gasteiger partial charge < -0.3 is 23.8 Å². The Morgan fingerprint density at radius 1 is 0.962 bits per heavy atom. The van der Waals surface area contributed by atoms with Gasteiger partial charge in [-0.1, -0.05) is 83.5 Å². The minimum absolute atomic E-state index is 0.0152. The molecule has 270 valence electrons. The van der Waals surface area contributed by atoms with Gasteiger partial charge in [0, 0.05) is 46.7 Å². The number of hydrogen-bond donors (Lipinski definition) is 1. The molecule has 52 heavy (non-hydrogen) atoms. The fraction of sp³-hybridized carbons (Fsp3) is 0.341. The number of nitrogens with zero attached hydrogens (tertiary/aromatic N) is 3. The van der Waals surface area contributed by atoms with Crippen LogP contribution in [0.2, 0.25) is 18.6 Å². The van der Waals surface area contributed by atoms with Crippen LogP contribution in [0.5, 0.6) is 0 Å². The van der Waals surface area contributed by atoms with E-state index in [1.807, 2.05) is 104 Å². The molecule has 1 N–H and O–H groups in total. The second kappa shape index (κ2) is 14.3. The molecule has 0 aromatic heterocycles. The lowest BCUT2D eigenvalue weighted by molar-refractivity contribution is -0.150. The van der Waals surface area contributed by atoms with E-state index in [9.17, 15) is 19.5 Å². The molecule has 0 radical (unpaired) electrons. The maximum atomic E-state index is 16.5. The minimum Gasteiger partial charge on any atom is -0.395 e. The Morgan fingerprint density at radius 3 is 2.44 bits per heavy atom. The SMILES string of the molecule is C[C@@H]1[C@@H]([Si](C)(C)F)[C@H](CC(=O)N(CCO)Cc2ccccc2)O[C@@]12C(=O)N(Cc1cccc(N3C(=O)CCc4ccccc43)c1)c1ccc(Br)cc12. The van der Waals surface area contributed by atoms with E-state index in [1.165, 1.54) is 0 Å². The van der Waals surface area contributed by atoms with Crippen LogP contribution in [-0.2, 0) is 44.2 Å². The molecule has 7 rings (SSSR count). The monoisotopic (exact) mass is 783 g/mol. The van der Waals surface area contributed by atoms with Gasteiger partial charge in [0.15, 0.2) is 5.60 Å². The van der Waals surface area contributed by atoms with Crippen molar-refractivity contribution in [2.45, 2.75) is 69.6 Å². The second-order valence-electron chi connectivity index (χ2n) is 14.6. The quantitative estimate of drug-likeness (QED) is 0.131. The number of rotatable bonds is 10. The third-order valence-corrected chi connectivity index (χ3v) is 13.8. The molecule has 0 saturated carbocycles. The molecule has 1 fully saturated rings. The first-order valence-electron chi connectivity index (χ1n) is 17.8. The maximum absolute atomic E-state index is 16.5. The van der Waals surface area contributed by atoms with Crippen molar-refractivity contribution >= 4 is 59.1 Å². The Kier molecular flexibility index (Phi) is 9.98. The number of para-hydroxylation sites is 1. The molecule has 4 aromatic rings. The summed E-state index contributed by atoms with van der Waals surface area (Å²) in [5.74, 6) is -1.12. The first-order valence-corrected chi connectivity index (χ1v) is 21.6. The lowest BCUT2D eigenvalue weighted by Gasteiger charge is -2.31. The summed E-state index contributed by atoms with van der Waals surface area (Å²) in [6, 6.07) is 30.7. The number of halogens is 2. The van der Waals surface area contributed by atoms with Crippen LogP contribution in [0.3, 0.4) is 0 Å². The molecule has 0 bridgehead atoms. The van der Waals surface area contributed by atoms with Gasteiger partial charge in [0.25, 0.3) is 5.91 Å². The molecule has 4 atom stereocenters. The molecule has 0 aliphatic carbocycles. The molecule has 0 unspecified atom stereocenters. The van der Waals surface area contributed by atoms with Crippen LogP contribution in [0.1, 0.15) is 42.0 Å². The summed E-state index contributed by atoms with van der Waals surface area (Å²) in [7, 11) is -3.53. The Labute approximate surface area is 313 Å². The predicted molar refractivity (Wildman–Crippen MR) is 205 cm³/mol. The van der Waals surface area contributed by atoms with Gasteiger partial charge in [-0.3, -0.25) is 19.3 Å². The van der Waals surface area contributed by atoms with Crippen molar-refractivity contribution < 1.29 is 28.3 Å². The van der Waals surface area contributed by atoms with E-state index in [4.69, 9.17) is 4.74 Å². The van der Waals surface area contributed by atoms with Gasteiger partial charge in [0.1, 0.15) is 0 Å². The molecule has 3 aliphatic rings. The van der Waals surface area contributed by atoms with Crippen LogP contribution in [0.25, 0.3) is 0 Å². The number of benzene rings is 4. The van der Waals surface area contributed by atoms with Crippen LogP contribution in [0.4, 0.5) is 21.2 Å². The van der Waals surface area contributed by atoms with E-state index < -0.39 is 31.6 Å². The third-order valence-electron chi connectivity index (χ3n) is 10.8. The fourth-order valence-electron chi connectivity index (χ4n) is 8.58. The Bertz CT molecular complexity index is 2010. The molecular formula is C41H43BrFN3O5Si. The average Bonchev–Trinajstić information content (AvgIpc) is 3.54. The van der Waals surface area contributed by atoms with E-state index >= 15 is 4.11 Å². The van der Waals surface area contributed by atoms with Crippen LogP contribution < -0.4 is 9.80 Å². The summed E-state index contributed by atoms with van der Waals surface area (Å²) >= 11 is 3.60. The van der Waals surface area contributed by atoms with Crippen LogP contribution >= 0.6 is 15.9 Å². The third kappa shape index (κ3) is 6.53. The van der Waals surface area contributed by atoms with Crippen molar-refractivity contribution in [3.05, 3.63) is 124 Å². The molecule has 3 amide bonds. The molecule has 4 aromatic carbocycles. The number of anilines is 3. The first-order chi connectivity index (χ1) is 24.9. The summed E-state index contributed by atoms with van der Waals surface area (Å²) in [5.41, 5.74) is 3.58. The van der Waals surface area contributed by atoms with Gasteiger partial charge in [-0.25, -0.2) is 0 Å². The van der Waals surface area contributed by atoms with Gasteiger partial charge in [0.2, 0.25) is 20.2 Å². The number of hydrogen-bond acceptors (Lipinski definition) is 5. The van der Waals surface area contributed by atoms with Crippen molar-refractivity contribution in [2.75, 3.05) is 23.0 Å². The predicted octanol–water partition coefficient (Wildman–Crippen LogP) is 7.79. The Hall–Kier alpha value is -4.16. The molecule has 11 heteroatoms. The number of carbonyl (C=O) groups excluding carboxylic acids is 3. The zero-order valence-corrected chi connectivity index (χ0v) is 32.2. The molecule has 8 nitrogen and oxygen atoms in total. The van der Waals surface area contributed by atoms with Gasteiger partial charge >= 0.3 is 0 Å². The van der Waals surface area contributed by atoms with E-state index in [-0.39, 0.29) is 43.8 Å². The van der Waals surface area contributed by atoms with Gasteiger partial charge in [-0.05, 0) is 72.6 Å². The highest BCUT2D eigenvalue weighted by Crippen LogP contribution is 2.60. The van der Waals surface area contributed by atoms with E-state index in [1.54, 1.807) is 27.8 Å². The summed E-state index contributed by atoms with van der Waals surface area (Å²) < 4.78 is 24.1. The van der Waals surface area contributed by atoms with Crippen molar-refractivity contribution in [1.82, 2.24) is 4.90 Å². The van der Waals surface area contributed by atoms with Crippen molar-refractivity contribution in [2.24, 2.45) is 5.92 Å². The van der Waals surface area contributed by atoms with Crippen LogP contribution in [-0.4, -0.2) is 55.4 Å². The summed E-state index contributed by atoms with van der Waals surface area (Å²) in [4.78, 5) is 47.2. The van der Waals surface area contributed by atoms with Gasteiger partial charge in [-0.15, -0.1) is 0 Å². The second-order valence-corrected chi connectivity index (χ2v) is 19.3. The van der Waals surface area contributed by atoms with Crippen LogP contribution in [0, 0.1) is 5.92 Å². The lowest BCUT2D eigenvalue weighted by Crippen LogP contribution is -2.45. The smallest absolute Gasteiger partial charge is 0.264 e. The zero-order chi connectivity index (χ0) is 36.8. The van der Waals surface area contributed by atoms with E-state index in [0.29, 0.717) is 30.6 Å². The highest BCUT2D eigenvalue weighted by molar-refractivity contribution is 9.10. The molecule has 1 saturated heterocycles. The number of carbonyl (C=O) groups is 3. The van der Waals surface area contributed by atoms with Crippen molar-refractivity contribution in [1.29, 1.82) is 0 Å². The van der Waals surface area contributed by atoms with E-state index in [0.717, 1.165) is 32.5 Å². The molecule has 3 aliphatic heterocycles. The zero-order valence-electron chi connectivity index (χ0n) is 29.6. The highest BCUT2D eigenvalue weighted by atomic mass is 79.9. The van der Waals surface area contributed by atoms with Crippen molar-refractivity contribution in [3.8, 4) is 0 Å². The molecule has 3 heterocycles. The first kappa shape index (κ1) is 36.2. The average molecular weight is 785 g/mol. The number of aliphatic hydroxyl groups excluding tert-OH is 1. The van der Waals surface area contributed by atoms with Crippen molar-refractivity contribution in [3.63, 3.8) is 0 Å². The minimum atomic E-state index is -3.53. The summed E-state index contributed by atoms with van der Waals surface area (Å²) in [6.45, 7) is 5.52. The van der Waals surface area contributed by atoms with Gasteiger partial charge in [0.05, 0.1) is 37.1 Å². The number of ether oxygens (including phenoxy) is 1. The highest BCUT2D eigenvalue weighted by Gasteiger charge is 2.67. The summed E-state index contributed by atoms with van der Waals surface area (Å²) in [5, 5.41) is 9.83. The van der Waals surface area contributed by atoms with E-state index in [2.05, 4.69) is 15.9 Å². The number of aliphatic hydroxyl groups is 1. The lowest BCUT2D eigenvalue weighted by atomic mass is 9.82. The van der Waals surface area contributed by atoms with Gasteiger partial charge in [-0.2, -0.15) is 0 Å². The fourth-order valence-corrected chi connectivity index (χ4v) is 11.4. The molecule has 1 spiro atoms. The standard InChI is InChI=1S/C41H43BrFN3O5Si/c1-27-39(52(2,3)43)36(24-38(49)44(20-21-47)25-28-10-5-4-6-11-28)51-41(27)33-23-31(42)17-18-35(33)45(40(41)50)26-29-12-9-14-32(22-29)46-34-15-8-7-13-30(34)16-19-37(46)48/h4-15,17-18,22-23,27,36,39,47H,16,19-21,24-26H2,1-3H3/t27-,36+,39-,41+/m1/s1. The number of aryl methyl sites for hydroxylation is 1. The number of fused-ring (bicyclic) bond motifs is 3. The Morgan fingerprint density at radius 2 is 1.69 bits per heavy atom. The van der Waals surface area contributed by atoms with Crippen LogP contribution in [0.15, 0.2) is 102 Å². The number of amides is 3. The Balaban J connectivity index is 1.21.